The molecule has 1 heterocycles. The summed E-state index contributed by atoms with van der Waals surface area (Å²) in [6.45, 7) is 1.92. The van der Waals surface area contributed by atoms with Crippen molar-refractivity contribution >= 4 is 23.4 Å². The van der Waals surface area contributed by atoms with Crippen LogP contribution in [-0.2, 0) is 4.79 Å². The van der Waals surface area contributed by atoms with Crippen molar-refractivity contribution in [1.82, 2.24) is 4.90 Å². The summed E-state index contributed by atoms with van der Waals surface area (Å²) in [4.78, 5) is 17.8. The van der Waals surface area contributed by atoms with Crippen LogP contribution in [0.1, 0.15) is 12.8 Å². The highest BCUT2D eigenvalue weighted by atomic mass is 32.2. The number of hydrogen-bond donors (Lipinski definition) is 1. The first-order chi connectivity index (χ1) is 9.79. The first kappa shape index (κ1) is 13.9. The Morgan fingerprint density at radius 2 is 2.20 bits per heavy atom. The lowest BCUT2D eigenvalue weighted by Gasteiger charge is -2.31. The molecule has 2 aliphatic rings. The van der Waals surface area contributed by atoms with Gasteiger partial charge in [0.1, 0.15) is 0 Å². The van der Waals surface area contributed by atoms with Gasteiger partial charge in [-0.1, -0.05) is 12.1 Å². The second kappa shape index (κ2) is 6.16. The minimum Gasteiger partial charge on any atom is -0.395 e. The van der Waals surface area contributed by atoms with E-state index in [2.05, 4.69) is 11.0 Å². The number of benzene rings is 1. The van der Waals surface area contributed by atoms with Crippen molar-refractivity contribution in [3.05, 3.63) is 24.3 Å². The van der Waals surface area contributed by atoms with Crippen molar-refractivity contribution in [3.8, 4) is 0 Å². The van der Waals surface area contributed by atoms with Gasteiger partial charge in [0.15, 0.2) is 0 Å². The maximum atomic E-state index is 12.6. The molecular formula is C15H20N2O2S. The van der Waals surface area contributed by atoms with E-state index in [0.717, 1.165) is 30.8 Å². The second-order valence-electron chi connectivity index (χ2n) is 5.29. The Bertz CT molecular complexity index is 491. The molecule has 0 radical (unpaired) electrons. The van der Waals surface area contributed by atoms with Gasteiger partial charge in [-0.3, -0.25) is 9.69 Å². The van der Waals surface area contributed by atoms with Gasteiger partial charge in [-0.05, 0) is 25.0 Å². The van der Waals surface area contributed by atoms with Gasteiger partial charge in [0.2, 0.25) is 5.91 Å². The number of nitrogens with zero attached hydrogens (tertiary/aromatic N) is 2. The van der Waals surface area contributed by atoms with Gasteiger partial charge in [-0.25, -0.2) is 0 Å². The first-order valence-corrected chi connectivity index (χ1v) is 8.15. The Hall–Kier alpha value is -1.04. The molecule has 1 saturated carbocycles. The monoisotopic (exact) mass is 292 g/mol. The quantitative estimate of drug-likeness (QED) is 0.895. The fraction of sp³-hybridized carbons (Fsp3) is 0.533. The Morgan fingerprint density at radius 3 is 2.95 bits per heavy atom. The van der Waals surface area contributed by atoms with Crippen molar-refractivity contribution in [3.63, 3.8) is 0 Å². The number of fused-ring (bicyclic) bond motifs is 1. The number of hydrogen-bond acceptors (Lipinski definition) is 4. The SMILES string of the molecule is O=C(CN(CCO)C1CC1)N1CCSc2ccccc21. The van der Waals surface area contributed by atoms with E-state index in [0.29, 0.717) is 19.1 Å². The molecule has 1 aromatic rings. The fourth-order valence-corrected chi connectivity index (χ4v) is 3.64. The Morgan fingerprint density at radius 1 is 1.40 bits per heavy atom. The summed E-state index contributed by atoms with van der Waals surface area (Å²) in [6.07, 6.45) is 2.30. The van der Waals surface area contributed by atoms with Crippen LogP contribution in [0, 0.1) is 0 Å². The van der Waals surface area contributed by atoms with Crippen molar-refractivity contribution in [1.29, 1.82) is 0 Å². The largest absolute Gasteiger partial charge is 0.395 e. The Balaban J connectivity index is 1.71. The van der Waals surface area contributed by atoms with E-state index >= 15 is 0 Å². The standard InChI is InChI=1S/C15H20N2O2S/c18-9-7-16(12-5-6-12)11-15(19)17-8-10-20-14-4-2-1-3-13(14)17/h1-4,12,18H,5-11H2. The molecule has 1 fully saturated rings. The summed E-state index contributed by atoms with van der Waals surface area (Å²) in [5.74, 6) is 1.10. The van der Waals surface area contributed by atoms with E-state index in [1.165, 1.54) is 4.90 Å². The van der Waals surface area contributed by atoms with Crippen molar-refractivity contribution in [2.45, 2.75) is 23.8 Å². The highest BCUT2D eigenvalue weighted by Crippen LogP contribution is 2.34. The molecule has 4 nitrogen and oxygen atoms in total. The maximum Gasteiger partial charge on any atom is 0.241 e. The zero-order valence-corrected chi connectivity index (χ0v) is 12.3. The van der Waals surface area contributed by atoms with Gasteiger partial charge < -0.3 is 10.0 Å². The van der Waals surface area contributed by atoms with Gasteiger partial charge in [-0.2, -0.15) is 0 Å². The molecule has 5 heteroatoms. The van der Waals surface area contributed by atoms with E-state index in [9.17, 15) is 4.79 Å². The lowest BCUT2D eigenvalue weighted by molar-refractivity contribution is -0.120. The summed E-state index contributed by atoms with van der Waals surface area (Å²) in [6, 6.07) is 8.60. The molecule has 0 spiro atoms. The molecular weight excluding hydrogens is 272 g/mol. The molecule has 1 amide bonds. The van der Waals surface area contributed by atoms with Crippen LogP contribution in [0.4, 0.5) is 5.69 Å². The van der Waals surface area contributed by atoms with Gasteiger partial charge >= 0.3 is 0 Å². The van der Waals surface area contributed by atoms with Gasteiger partial charge in [0, 0.05) is 29.8 Å². The summed E-state index contributed by atoms with van der Waals surface area (Å²) in [5.41, 5.74) is 1.04. The molecule has 1 aliphatic carbocycles. The smallest absolute Gasteiger partial charge is 0.241 e. The van der Waals surface area contributed by atoms with Crippen LogP contribution in [0.2, 0.25) is 0 Å². The van der Waals surface area contributed by atoms with Crippen LogP contribution in [0.3, 0.4) is 0 Å². The predicted octanol–water partition coefficient (Wildman–Crippen LogP) is 1.58. The van der Waals surface area contributed by atoms with E-state index < -0.39 is 0 Å². The molecule has 0 bridgehead atoms. The molecule has 0 atom stereocenters. The number of para-hydroxylation sites is 1. The van der Waals surface area contributed by atoms with Crippen LogP contribution in [0.25, 0.3) is 0 Å². The van der Waals surface area contributed by atoms with E-state index in [1.807, 2.05) is 34.9 Å². The number of carbonyl (C=O) groups is 1. The number of aliphatic hydroxyl groups is 1. The van der Waals surface area contributed by atoms with Crippen LogP contribution in [-0.4, -0.2) is 53.9 Å². The lowest BCUT2D eigenvalue weighted by Crippen LogP contribution is -2.44. The second-order valence-corrected chi connectivity index (χ2v) is 6.42. The van der Waals surface area contributed by atoms with Crippen molar-refractivity contribution in [2.24, 2.45) is 0 Å². The average molecular weight is 292 g/mol. The van der Waals surface area contributed by atoms with Gasteiger partial charge in [-0.15, -0.1) is 11.8 Å². The summed E-state index contributed by atoms with van der Waals surface area (Å²) < 4.78 is 0. The Kier molecular flexibility index (Phi) is 4.29. The molecule has 0 aromatic heterocycles. The zero-order chi connectivity index (χ0) is 13.9. The van der Waals surface area contributed by atoms with Crippen LogP contribution in [0.15, 0.2) is 29.2 Å². The Labute approximate surface area is 123 Å². The zero-order valence-electron chi connectivity index (χ0n) is 11.5. The van der Waals surface area contributed by atoms with Crippen LogP contribution < -0.4 is 4.90 Å². The number of amides is 1. The van der Waals surface area contributed by atoms with Crippen molar-refractivity contribution < 1.29 is 9.90 Å². The predicted molar refractivity (Wildman–Crippen MR) is 81.2 cm³/mol. The molecule has 1 aliphatic heterocycles. The average Bonchev–Trinajstić information content (AvgIpc) is 3.31. The fourth-order valence-electron chi connectivity index (χ4n) is 2.65. The normalized spacial score (nSPS) is 18.2. The summed E-state index contributed by atoms with van der Waals surface area (Å²) in [7, 11) is 0. The molecule has 108 valence electrons. The summed E-state index contributed by atoms with van der Waals surface area (Å²) in [5, 5.41) is 9.12. The molecule has 1 aromatic carbocycles. The van der Waals surface area contributed by atoms with Crippen molar-refractivity contribution in [2.75, 3.05) is 36.9 Å². The third-order valence-electron chi connectivity index (χ3n) is 3.82. The number of thioether (sulfide) groups is 1. The van der Waals surface area contributed by atoms with Crippen LogP contribution in [0.5, 0.6) is 0 Å². The number of aliphatic hydroxyl groups excluding tert-OH is 1. The third kappa shape index (κ3) is 3.00. The van der Waals surface area contributed by atoms with Crippen LogP contribution >= 0.6 is 11.8 Å². The highest BCUT2D eigenvalue weighted by molar-refractivity contribution is 7.99. The lowest BCUT2D eigenvalue weighted by atomic mass is 10.2. The minimum atomic E-state index is 0.121. The molecule has 0 unspecified atom stereocenters. The van der Waals surface area contributed by atoms with E-state index in [4.69, 9.17) is 5.11 Å². The highest BCUT2D eigenvalue weighted by Gasteiger charge is 2.32. The van der Waals surface area contributed by atoms with E-state index in [-0.39, 0.29) is 12.5 Å². The topological polar surface area (TPSA) is 43.8 Å². The molecule has 1 N–H and O–H groups in total. The number of anilines is 1. The molecule has 20 heavy (non-hydrogen) atoms. The minimum absolute atomic E-state index is 0.121. The van der Waals surface area contributed by atoms with E-state index in [1.54, 1.807) is 0 Å². The van der Waals surface area contributed by atoms with Gasteiger partial charge in [0.05, 0.1) is 18.8 Å². The third-order valence-corrected chi connectivity index (χ3v) is 4.86. The number of rotatable bonds is 5. The first-order valence-electron chi connectivity index (χ1n) is 7.16. The number of carbonyl (C=O) groups excluding carboxylic acids is 1. The van der Waals surface area contributed by atoms with Gasteiger partial charge in [0.25, 0.3) is 0 Å². The molecule has 3 rings (SSSR count). The summed E-state index contributed by atoms with van der Waals surface area (Å²) >= 11 is 1.81. The maximum absolute atomic E-state index is 12.6. The molecule has 0 saturated heterocycles.